The van der Waals surface area contributed by atoms with Crippen LogP contribution in [0.2, 0.25) is 0 Å². The molecule has 0 radical (unpaired) electrons. The first-order valence-electron chi connectivity index (χ1n) is 4.30. The number of oxime groups is 1. The van der Waals surface area contributed by atoms with Gasteiger partial charge in [0.25, 0.3) is 5.69 Å². The number of nitro benzene ring substituents is 1. The molecule has 0 unspecified atom stereocenters. The standard InChI is InChI=1S/C10H7N3O4/c1-2-9(14)17-12-10(11)7-3-5-8(6-4-7)13(15)16/h1,3-6H,(H2,11,12). The molecule has 2 N–H and O–H groups in total. The lowest BCUT2D eigenvalue weighted by atomic mass is 10.2. The molecule has 0 amide bonds. The SMILES string of the molecule is C#CC(=O)O/N=C(\N)c1ccc([N+](=O)[O-])cc1. The van der Waals surface area contributed by atoms with Crippen molar-refractivity contribution < 1.29 is 14.6 Å². The van der Waals surface area contributed by atoms with E-state index in [9.17, 15) is 14.9 Å². The second kappa shape index (κ2) is 5.27. The Labute approximate surface area is 96.0 Å². The number of non-ortho nitro benzene ring substituents is 1. The predicted molar refractivity (Wildman–Crippen MR) is 58.7 cm³/mol. The molecular weight excluding hydrogens is 226 g/mol. The minimum atomic E-state index is -0.977. The molecule has 0 aliphatic rings. The van der Waals surface area contributed by atoms with Crippen molar-refractivity contribution in [2.75, 3.05) is 0 Å². The fourth-order valence-corrected chi connectivity index (χ4v) is 0.924. The summed E-state index contributed by atoms with van der Waals surface area (Å²) in [4.78, 5) is 24.7. The van der Waals surface area contributed by atoms with Crippen LogP contribution in [0.15, 0.2) is 29.4 Å². The molecule has 0 aliphatic heterocycles. The lowest BCUT2D eigenvalue weighted by Crippen LogP contribution is -2.14. The Kier molecular flexibility index (Phi) is 3.78. The molecule has 0 saturated carbocycles. The van der Waals surface area contributed by atoms with Gasteiger partial charge in [-0.3, -0.25) is 10.1 Å². The maximum absolute atomic E-state index is 10.6. The van der Waals surface area contributed by atoms with Crippen molar-refractivity contribution in [1.29, 1.82) is 0 Å². The fraction of sp³-hybridized carbons (Fsp3) is 0. The van der Waals surface area contributed by atoms with Gasteiger partial charge in [0.2, 0.25) is 0 Å². The number of rotatable bonds is 3. The quantitative estimate of drug-likeness (QED) is 0.203. The first-order valence-corrected chi connectivity index (χ1v) is 4.30. The molecule has 0 saturated heterocycles. The number of terminal acetylenes is 1. The van der Waals surface area contributed by atoms with E-state index in [-0.39, 0.29) is 11.5 Å². The average molecular weight is 233 g/mol. The second-order valence-electron chi connectivity index (χ2n) is 2.80. The number of carbonyl (C=O) groups excluding carboxylic acids is 1. The summed E-state index contributed by atoms with van der Waals surface area (Å²) in [5.74, 6) is 0.598. The number of amidine groups is 1. The molecule has 1 aromatic carbocycles. The number of hydrogen-bond acceptors (Lipinski definition) is 5. The Balaban J connectivity index is 2.83. The van der Waals surface area contributed by atoms with Gasteiger partial charge in [-0.1, -0.05) is 5.16 Å². The van der Waals surface area contributed by atoms with Crippen LogP contribution in [0.25, 0.3) is 0 Å². The van der Waals surface area contributed by atoms with Gasteiger partial charge in [-0.25, -0.2) is 4.79 Å². The van der Waals surface area contributed by atoms with Gasteiger partial charge in [0.1, 0.15) is 0 Å². The summed E-state index contributed by atoms with van der Waals surface area (Å²) in [7, 11) is 0. The topological polar surface area (TPSA) is 108 Å². The Morgan fingerprint density at radius 3 is 2.53 bits per heavy atom. The first kappa shape index (κ1) is 12.2. The number of benzene rings is 1. The molecule has 7 heteroatoms. The zero-order valence-corrected chi connectivity index (χ0v) is 8.49. The van der Waals surface area contributed by atoms with Gasteiger partial charge < -0.3 is 10.6 Å². The van der Waals surface area contributed by atoms with Crippen molar-refractivity contribution in [3.05, 3.63) is 39.9 Å². The number of nitrogens with zero attached hydrogens (tertiary/aromatic N) is 2. The predicted octanol–water partition coefficient (Wildman–Crippen LogP) is 0.392. The van der Waals surface area contributed by atoms with Crippen molar-refractivity contribution in [2.45, 2.75) is 0 Å². The van der Waals surface area contributed by atoms with E-state index in [0.717, 1.165) is 0 Å². The van der Waals surface area contributed by atoms with E-state index >= 15 is 0 Å². The molecule has 0 aromatic heterocycles. The van der Waals surface area contributed by atoms with Gasteiger partial charge in [-0.2, -0.15) is 0 Å². The number of nitrogens with two attached hydrogens (primary N) is 1. The van der Waals surface area contributed by atoms with E-state index in [1.807, 2.05) is 0 Å². The van der Waals surface area contributed by atoms with E-state index in [0.29, 0.717) is 5.56 Å². The van der Waals surface area contributed by atoms with E-state index in [4.69, 9.17) is 12.2 Å². The molecule has 0 spiro atoms. The van der Waals surface area contributed by atoms with Crippen molar-refractivity contribution >= 4 is 17.5 Å². The third kappa shape index (κ3) is 3.32. The van der Waals surface area contributed by atoms with E-state index in [2.05, 4.69) is 9.99 Å². The van der Waals surface area contributed by atoms with Gasteiger partial charge in [0.05, 0.1) is 4.92 Å². The minimum Gasteiger partial charge on any atom is -0.380 e. The van der Waals surface area contributed by atoms with Gasteiger partial charge in [-0.05, 0) is 12.1 Å². The lowest BCUT2D eigenvalue weighted by molar-refractivity contribution is -0.384. The largest absolute Gasteiger partial charge is 0.410 e. The maximum atomic E-state index is 10.6. The maximum Gasteiger partial charge on any atom is 0.410 e. The third-order valence-electron chi connectivity index (χ3n) is 1.72. The first-order chi connectivity index (χ1) is 8.04. The molecule has 0 fully saturated rings. The highest BCUT2D eigenvalue weighted by molar-refractivity contribution is 5.98. The Morgan fingerprint density at radius 2 is 2.06 bits per heavy atom. The Morgan fingerprint density at radius 1 is 1.47 bits per heavy atom. The monoisotopic (exact) mass is 233 g/mol. The smallest absolute Gasteiger partial charge is 0.380 e. The molecule has 0 heterocycles. The molecule has 86 valence electrons. The van der Waals surface area contributed by atoms with Crippen LogP contribution >= 0.6 is 0 Å². The summed E-state index contributed by atoms with van der Waals surface area (Å²) in [6, 6.07) is 5.25. The molecule has 17 heavy (non-hydrogen) atoms. The number of nitro groups is 1. The van der Waals surface area contributed by atoms with Gasteiger partial charge in [-0.15, -0.1) is 6.42 Å². The number of carbonyl (C=O) groups is 1. The van der Waals surface area contributed by atoms with Crippen LogP contribution in [-0.4, -0.2) is 16.7 Å². The molecule has 0 bridgehead atoms. The number of hydrogen-bond donors (Lipinski definition) is 1. The summed E-state index contributed by atoms with van der Waals surface area (Å²) in [6.45, 7) is 0. The lowest BCUT2D eigenvalue weighted by Gasteiger charge is -1.98. The highest BCUT2D eigenvalue weighted by Gasteiger charge is 2.06. The van der Waals surface area contributed by atoms with Gasteiger partial charge in [0.15, 0.2) is 5.84 Å². The van der Waals surface area contributed by atoms with Gasteiger partial charge in [0, 0.05) is 23.6 Å². The van der Waals surface area contributed by atoms with Crippen LogP contribution < -0.4 is 5.73 Å². The summed E-state index contributed by atoms with van der Waals surface area (Å²) >= 11 is 0. The van der Waals surface area contributed by atoms with Gasteiger partial charge >= 0.3 is 5.97 Å². The molecule has 7 nitrogen and oxygen atoms in total. The molecule has 1 aromatic rings. The molecule has 1 rings (SSSR count). The third-order valence-corrected chi connectivity index (χ3v) is 1.72. The summed E-state index contributed by atoms with van der Waals surface area (Å²) < 4.78 is 0. The average Bonchev–Trinajstić information content (AvgIpc) is 2.35. The summed E-state index contributed by atoms with van der Waals surface area (Å²) in [5, 5.41) is 13.7. The summed E-state index contributed by atoms with van der Waals surface area (Å²) in [6.07, 6.45) is 4.74. The fourth-order valence-electron chi connectivity index (χ4n) is 0.924. The van der Waals surface area contributed by atoms with Crippen molar-refractivity contribution in [3.63, 3.8) is 0 Å². The Bertz CT molecular complexity index is 513. The van der Waals surface area contributed by atoms with Crippen molar-refractivity contribution in [2.24, 2.45) is 10.9 Å². The van der Waals surface area contributed by atoms with E-state index in [1.165, 1.54) is 24.3 Å². The molecule has 0 aliphatic carbocycles. The normalized spacial score (nSPS) is 10.4. The van der Waals surface area contributed by atoms with Crippen LogP contribution in [0.5, 0.6) is 0 Å². The second-order valence-corrected chi connectivity index (χ2v) is 2.80. The van der Waals surface area contributed by atoms with Crippen LogP contribution in [-0.2, 0) is 9.63 Å². The summed E-state index contributed by atoms with van der Waals surface area (Å²) in [5.41, 5.74) is 5.75. The van der Waals surface area contributed by atoms with E-state index < -0.39 is 10.9 Å². The minimum absolute atomic E-state index is 0.0813. The van der Waals surface area contributed by atoms with Crippen LogP contribution in [0, 0.1) is 22.5 Å². The highest BCUT2D eigenvalue weighted by atomic mass is 16.7. The molecule has 0 atom stereocenters. The van der Waals surface area contributed by atoms with Crippen molar-refractivity contribution in [3.8, 4) is 12.3 Å². The zero-order valence-electron chi connectivity index (χ0n) is 8.49. The van der Waals surface area contributed by atoms with Crippen LogP contribution in [0.3, 0.4) is 0 Å². The highest BCUT2D eigenvalue weighted by Crippen LogP contribution is 2.11. The van der Waals surface area contributed by atoms with Crippen LogP contribution in [0.1, 0.15) is 5.56 Å². The van der Waals surface area contributed by atoms with E-state index in [1.54, 1.807) is 5.92 Å². The zero-order chi connectivity index (χ0) is 12.8. The van der Waals surface area contributed by atoms with Crippen LogP contribution in [0.4, 0.5) is 5.69 Å². The molecular formula is C10H7N3O4. The van der Waals surface area contributed by atoms with Crippen molar-refractivity contribution in [1.82, 2.24) is 0 Å². The Hall–Kier alpha value is -2.88.